The zero-order valence-electron chi connectivity index (χ0n) is 13.9. The molecule has 2 aliphatic heterocycles. The lowest BCUT2D eigenvalue weighted by Gasteiger charge is -2.18. The van der Waals surface area contributed by atoms with Gasteiger partial charge < -0.3 is 15.5 Å². The molecule has 0 saturated carbocycles. The number of benzene rings is 1. The third kappa shape index (κ3) is 3.99. The van der Waals surface area contributed by atoms with Gasteiger partial charge in [0, 0.05) is 36.6 Å². The van der Waals surface area contributed by atoms with Crippen LogP contribution in [0.3, 0.4) is 0 Å². The van der Waals surface area contributed by atoms with Crippen LogP contribution in [0.4, 0.5) is 5.69 Å². The number of carbonyl (C=O) groups excluding carboxylic acids is 2. The van der Waals surface area contributed by atoms with Gasteiger partial charge in [-0.05, 0) is 43.5 Å². The maximum absolute atomic E-state index is 12.4. The summed E-state index contributed by atoms with van der Waals surface area (Å²) in [6.45, 7) is 2.88. The van der Waals surface area contributed by atoms with Gasteiger partial charge in [0.25, 0.3) is 0 Å². The van der Waals surface area contributed by atoms with Crippen molar-refractivity contribution in [2.24, 2.45) is 5.92 Å². The number of hydrogen-bond acceptors (Lipinski definition) is 4. The molecule has 2 N–H and O–H groups in total. The van der Waals surface area contributed by atoms with Gasteiger partial charge in [0.05, 0.1) is 5.92 Å². The predicted octanol–water partition coefficient (Wildman–Crippen LogP) is 1.80. The Hall–Kier alpha value is -1.79. The van der Waals surface area contributed by atoms with E-state index in [-0.39, 0.29) is 24.2 Å². The molecule has 2 amide bonds. The van der Waals surface area contributed by atoms with E-state index in [1.54, 1.807) is 16.7 Å². The number of thioether (sulfide) groups is 1. The van der Waals surface area contributed by atoms with Crippen LogP contribution in [0.2, 0.25) is 0 Å². The highest BCUT2D eigenvalue weighted by Gasteiger charge is 2.35. The third-order valence-corrected chi connectivity index (χ3v) is 5.27. The van der Waals surface area contributed by atoms with Crippen LogP contribution in [0.25, 0.3) is 0 Å². The van der Waals surface area contributed by atoms with E-state index in [2.05, 4.69) is 16.7 Å². The Morgan fingerprint density at radius 2 is 2.17 bits per heavy atom. The second-order valence-corrected chi connectivity index (χ2v) is 7.02. The quantitative estimate of drug-likeness (QED) is 0.631. The van der Waals surface area contributed by atoms with Gasteiger partial charge in [-0.15, -0.1) is 11.8 Å². The van der Waals surface area contributed by atoms with Crippen LogP contribution in [-0.2, 0) is 9.59 Å². The van der Waals surface area contributed by atoms with E-state index in [0.717, 1.165) is 30.1 Å². The topological polar surface area (TPSA) is 61.4 Å². The molecule has 1 saturated heterocycles. The molecule has 128 valence electrons. The van der Waals surface area contributed by atoms with E-state index < -0.39 is 0 Å². The summed E-state index contributed by atoms with van der Waals surface area (Å²) in [5, 5.41) is 6.24. The smallest absolute Gasteiger partial charge is 0.227 e. The Kier molecular flexibility index (Phi) is 5.58. The Balaban J connectivity index is 1.57. The zero-order chi connectivity index (χ0) is 16.9. The van der Waals surface area contributed by atoms with Gasteiger partial charge in [-0.1, -0.05) is 11.6 Å². The average Bonchev–Trinajstić information content (AvgIpc) is 3.02. The lowest BCUT2D eigenvalue weighted by molar-refractivity contribution is -0.126. The zero-order valence-corrected chi connectivity index (χ0v) is 14.7. The van der Waals surface area contributed by atoms with Gasteiger partial charge >= 0.3 is 0 Å². The lowest BCUT2D eigenvalue weighted by atomic mass is 10.1. The predicted molar refractivity (Wildman–Crippen MR) is 97.3 cm³/mol. The Bertz CT molecular complexity index is 642. The maximum Gasteiger partial charge on any atom is 0.227 e. The van der Waals surface area contributed by atoms with Crippen LogP contribution in [0.15, 0.2) is 40.8 Å². The highest BCUT2D eigenvalue weighted by molar-refractivity contribution is 7.98. The highest BCUT2D eigenvalue weighted by atomic mass is 32.2. The van der Waals surface area contributed by atoms with E-state index >= 15 is 0 Å². The molecule has 1 unspecified atom stereocenters. The van der Waals surface area contributed by atoms with Crippen molar-refractivity contribution in [3.05, 3.63) is 35.9 Å². The van der Waals surface area contributed by atoms with E-state index in [0.29, 0.717) is 13.1 Å². The van der Waals surface area contributed by atoms with Crippen LogP contribution < -0.4 is 15.5 Å². The average molecular weight is 345 g/mol. The molecule has 5 nitrogen and oxygen atoms in total. The number of amides is 2. The summed E-state index contributed by atoms with van der Waals surface area (Å²) in [7, 11) is 0. The highest BCUT2D eigenvalue weighted by Crippen LogP contribution is 2.27. The van der Waals surface area contributed by atoms with Crippen molar-refractivity contribution in [2.75, 3.05) is 37.3 Å². The van der Waals surface area contributed by atoms with E-state index in [1.807, 2.05) is 30.5 Å². The van der Waals surface area contributed by atoms with Gasteiger partial charge in [0.1, 0.15) is 0 Å². The number of rotatable bonds is 5. The fourth-order valence-electron chi connectivity index (χ4n) is 3.07. The fraction of sp³-hybridized carbons (Fsp3) is 0.444. The summed E-state index contributed by atoms with van der Waals surface area (Å²) >= 11 is 1.67. The van der Waals surface area contributed by atoms with Gasteiger partial charge in [-0.2, -0.15) is 0 Å². The molecule has 2 aliphatic rings. The first-order valence-electron chi connectivity index (χ1n) is 8.28. The molecule has 0 aliphatic carbocycles. The number of carbonyl (C=O) groups is 2. The van der Waals surface area contributed by atoms with E-state index in [4.69, 9.17) is 0 Å². The van der Waals surface area contributed by atoms with E-state index in [1.165, 1.54) is 5.57 Å². The van der Waals surface area contributed by atoms with Gasteiger partial charge in [0.15, 0.2) is 0 Å². The number of nitrogens with one attached hydrogen (secondary N) is 2. The second kappa shape index (κ2) is 7.85. The molecule has 3 rings (SSSR count). The fourth-order valence-corrected chi connectivity index (χ4v) is 3.48. The molecule has 2 heterocycles. The van der Waals surface area contributed by atoms with Crippen LogP contribution >= 0.6 is 11.8 Å². The number of hydrogen-bond donors (Lipinski definition) is 2. The van der Waals surface area contributed by atoms with Crippen molar-refractivity contribution < 1.29 is 9.59 Å². The van der Waals surface area contributed by atoms with Gasteiger partial charge in [-0.25, -0.2) is 0 Å². The Morgan fingerprint density at radius 1 is 1.38 bits per heavy atom. The lowest BCUT2D eigenvalue weighted by Crippen LogP contribution is -2.35. The first-order valence-corrected chi connectivity index (χ1v) is 9.50. The van der Waals surface area contributed by atoms with Crippen LogP contribution in [0.5, 0.6) is 0 Å². The Labute approximate surface area is 146 Å². The van der Waals surface area contributed by atoms with Crippen molar-refractivity contribution in [3.8, 4) is 0 Å². The molecular formula is C18H23N3O2S. The molecule has 0 bridgehead atoms. The molecule has 6 heteroatoms. The van der Waals surface area contributed by atoms with Gasteiger partial charge in [-0.3, -0.25) is 9.59 Å². The molecule has 24 heavy (non-hydrogen) atoms. The summed E-state index contributed by atoms with van der Waals surface area (Å²) < 4.78 is 0. The minimum Gasteiger partial charge on any atom is -0.352 e. The molecule has 1 aromatic carbocycles. The first kappa shape index (κ1) is 17.0. The molecule has 0 aromatic heterocycles. The van der Waals surface area contributed by atoms with Crippen LogP contribution in [0.1, 0.15) is 12.8 Å². The number of nitrogens with zero attached hydrogens (tertiary/aromatic N) is 1. The molecule has 1 atom stereocenters. The summed E-state index contributed by atoms with van der Waals surface area (Å²) in [6.07, 6.45) is 5.41. The molecule has 0 radical (unpaired) electrons. The van der Waals surface area contributed by atoms with Crippen molar-refractivity contribution >= 4 is 29.3 Å². The SMILES string of the molecule is CSc1ccc(N2CC(C(=O)NCC3=CCNCC3)CC2=O)cc1. The maximum atomic E-state index is 12.4. The van der Waals surface area contributed by atoms with Crippen molar-refractivity contribution in [3.63, 3.8) is 0 Å². The molecule has 1 aromatic rings. The van der Waals surface area contributed by atoms with Crippen molar-refractivity contribution in [1.29, 1.82) is 0 Å². The molecular weight excluding hydrogens is 322 g/mol. The summed E-state index contributed by atoms with van der Waals surface area (Å²) in [5.41, 5.74) is 2.13. The minimum atomic E-state index is -0.264. The third-order valence-electron chi connectivity index (χ3n) is 4.53. The first-order chi connectivity index (χ1) is 11.7. The van der Waals surface area contributed by atoms with Crippen molar-refractivity contribution in [2.45, 2.75) is 17.7 Å². The van der Waals surface area contributed by atoms with Gasteiger partial charge in [0.2, 0.25) is 11.8 Å². The van der Waals surface area contributed by atoms with Crippen molar-refractivity contribution in [1.82, 2.24) is 10.6 Å². The monoisotopic (exact) mass is 345 g/mol. The summed E-state index contributed by atoms with van der Waals surface area (Å²) in [5.74, 6) is -0.265. The second-order valence-electron chi connectivity index (χ2n) is 6.14. The largest absolute Gasteiger partial charge is 0.352 e. The van der Waals surface area contributed by atoms with Crippen LogP contribution in [-0.4, -0.2) is 44.2 Å². The number of anilines is 1. The molecule has 1 fully saturated rings. The molecule has 0 spiro atoms. The van der Waals surface area contributed by atoms with E-state index in [9.17, 15) is 9.59 Å². The normalized spacial score (nSPS) is 20.9. The Morgan fingerprint density at radius 3 is 2.83 bits per heavy atom. The minimum absolute atomic E-state index is 0.0214. The van der Waals surface area contributed by atoms with Crippen LogP contribution in [0, 0.1) is 5.92 Å². The summed E-state index contributed by atoms with van der Waals surface area (Å²) in [6, 6.07) is 7.91. The standard InChI is InChI=1S/C18H23N3O2S/c1-24-16-4-2-15(3-5-16)21-12-14(10-17(21)22)18(23)20-11-13-6-8-19-9-7-13/h2-6,14,19H,7-12H2,1H3,(H,20,23). The summed E-state index contributed by atoms with van der Waals surface area (Å²) in [4.78, 5) is 27.5.